The number of hydrogen-bond donors (Lipinski definition) is 0. The number of benzene rings is 2. The minimum atomic E-state index is -0.218. The molecule has 0 aliphatic carbocycles. The Morgan fingerprint density at radius 1 is 0.875 bits per heavy atom. The zero-order valence-corrected chi connectivity index (χ0v) is 8.71. The maximum Gasteiger partial charge on any atom is 0.276 e. The first-order valence-corrected chi connectivity index (χ1v) is 5.05. The molecule has 2 aromatic rings. The van der Waals surface area contributed by atoms with E-state index in [1.54, 1.807) is 18.3 Å². The van der Waals surface area contributed by atoms with Crippen LogP contribution in [0.4, 0.5) is 0 Å². The Hall–Kier alpha value is -2.22. The Kier molecular flexibility index (Phi) is 3.24. The predicted molar refractivity (Wildman–Crippen MR) is 64.8 cm³/mol. The Morgan fingerprint density at radius 3 is 2.06 bits per heavy atom. The van der Waals surface area contributed by atoms with Gasteiger partial charge in [0.2, 0.25) is 0 Å². The van der Waals surface area contributed by atoms with Crippen LogP contribution in [0.25, 0.3) is 0 Å². The van der Waals surface area contributed by atoms with Crippen LogP contribution in [0.3, 0.4) is 0 Å². The van der Waals surface area contributed by atoms with Gasteiger partial charge in [0.25, 0.3) is 5.91 Å². The van der Waals surface area contributed by atoms with Crippen molar-refractivity contribution in [3.05, 3.63) is 71.8 Å². The number of aliphatic imine (C=N–C) groups is 1. The van der Waals surface area contributed by atoms with Gasteiger partial charge in [-0.15, -0.1) is 0 Å². The average molecular weight is 209 g/mol. The van der Waals surface area contributed by atoms with E-state index in [1.807, 2.05) is 48.5 Å². The van der Waals surface area contributed by atoms with E-state index in [-0.39, 0.29) is 5.91 Å². The summed E-state index contributed by atoms with van der Waals surface area (Å²) >= 11 is 0. The second-order valence-corrected chi connectivity index (χ2v) is 3.34. The van der Waals surface area contributed by atoms with Gasteiger partial charge >= 0.3 is 0 Å². The van der Waals surface area contributed by atoms with Gasteiger partial charge in [0, 0.05) is 11.8 Å². The van der Waals surface area contributed by atoms with E-state index in [1.165, 1.54) is 0 Å². The van der Waals surface area contributed by atoms with E-state index >= 15 is 0 Å². The molecule has 0 saturated carbocycles. The van der Waals surface area contributed by atoms with Crippen LogP contribution < -0.4 is 0 Å². The van der Waals surface area contributed by atoms with Gasteiger partial charge in [0.1, 0.15) is 0 Å². The lowest BCUT2D eigenvalue weighted by Gasteiger charge is -1.93. The summed E-state index contributed by atoms with van der Waals surface area (Å²) in [6.07, 6.45) is 1.58. The third-order valence-corrected chi connectivity index (χ3v) is 2.15. The molecular weight excluding hydrogens is 198 g/mol. The standard InChI is InChI=1S/C14H11NO/c16-14(13-9-5-2-6-10-13)15-11-12-7-3-1-4-8-12/h1-11H. The van der Waals surface area contributed by atoms with E-state index in [0.717, 1.165) is 5.56 Å². The monoisotopic (exact) mass is 209 g/mol. The van der Waals surface area contributed by atoms with Gasteiger partial charge in [-0.3, -0.25) is 4.79 Å². The van der Waals surface area contributed by atoms with Crippen molar-refractivity contribution >= 4 is 12.1 Å². The third kappa shape index (κ3) is 2.64. The summed E-state index contributed by atoms with van der Waals surface area (Å²) in [5.41, 5.74) is 1.53. The number of nitrogens with zero attached hydrogens (tertiary/aromatic N) is 1. The molecule has 0 spiro atoms. The summed E-state index contributed by atoms with van der Waals surface area (Å²) in [5.74, 6) is -0.218. The molecule has 1 amide bonds. The maximum atomic E-state index is 11.6. The van der Waals surface area contributed by atoms with Crippen LogP contribution in [0.5, 0.6) is 0 Å². The topological polar surface area (TPSA) is 29.4 Å². The molecule has 0 bridgehead atoms. The lowest BCUT2D eigenvalue weighted by molar-refractivity contribution is 0.100. The number of amides is 1. The summed E-state index contributed by atoms with van der Waals surface area (Å²) in [5, 5.41) is 0. The quantitative estimate of drug-likeness (QED) is 0.699. The Balaban J connectivity index is 2.12. The largest absolute Gasteiger partial charge is 0.276 e. The van der Waals surface area contributed by atoms with E-state index < -0.39 is 0 Å². The molecule has 0 saturated heterocycles. The highest BCUT2D eigenvalue weighted by molar-refractivity contribution is 6.01. The summed E-state index contributed by atoms with van der Waals surface area (Å²) < 4.78 is 0. The first kappa shape index (κ1) is 10.3. The van der Waals surface area contributed by atoms with Gasteiger partial charge in [-0.1, -0.05) is 48.5 Å². The summed E-state index contributed by atoms with van der Waals surface area (Å²) in [6, 6.07) is 18.6. The number of carbonyl (C=O) groups excluding carboxylic acids is 1. The van der Waals surface area contributed by atoms with Crippen LogP contribution >= 0.6 is 0 Å². The molecular formula is C14H11NO. The summed E-state index contributed by atoms with van der Waals surface area (Å²) in [7, 11) is 0. The molecule has 0 fully saturated rings. The minimum absolute atomic E-state index is 0.218. The number of rotatable bonds is 2. The van der Waals surface area contributed by atoms with Crippen molar-refractivity contribution < 1.29 is 4.79 Å². The van der Waals surface area contributed by atoms with Crippen LogP contribution in [-0.4, -0.2) is 12.1 Å². The van der Waals surface area contributed by atoms with Gasteiger partial charge in [-0.05, 0) is 17.7 Å². The molecule has 16 heavy (non-hydrogen) atoms. The van der Waals surface area contributed by atoms with Crippen molar-refractivity contribution in [1.29, 1.82) is 0 Å². The van der Waals surface area contributed by atoms with Crippen LogP contribution in [0.15, 0.2) is 65.7 Å². The molecule has 2 nitrogen and oxygen atoms in total. The van der Waals surface area contributed by atoms with E-state index in [0.29, 0.717) is 5.56 Å². The van der Waals surface area contributed by atoms with Crippen molar-refractivity contribution in [2.75, 3.05) is 0 Å². The van der Waals surface area contributed by atoms with Crippen LogP contribution in [0.1, 0.15) is 15.9 Å². The zero-order chi connectivity index (χ0) is 11.2. The molecule has 0 heterocycles. The Labute approximate surface area is 94.3 Å². The molecule has 78 valence electrons. The molecule has 0 aliphatic rings. The Morgan fingerprint density at radius 2 is 1.44 bits per heavy atom. The first-order chi connectivity index (χ1) is 7.86. The first-order valence-electron chi connectivity index (χ1n) is 5.05. The van der Waals surface area contributed by atoms with E-state index in [9.17, 15) is 4.79 Å². The second-order valence-electron chi connectivity index (χ2n) is 3.34. The van der Waals surface area contributed by atoms with E-state index in [2.05, 4.69) is 4.99 Å². The van der Waals surface area contributed by atoms with Gasteiger partial charge in [-0.25, -0.2) is 4.99 Å². The highest BCUT2D eigenvalue weighted by Gasteiger charge is 2.00. The molecule has 0 aromatic heterocycles. The van der Waals surface area contributed by atoms with Crippen molar-refractivity contribution in [2.45, 2.75) is 0 Å². The van der Waals surface area contributed by atoms with Crippen LogP contribution in [0.2, 0.25) is 0 Å². The van der Waals surface area contributed by atoms with Gasteiger partial charge in [-0.2, -0.15) is 0 Å². The minimum Gasteiger partial charge on any atom is -0.267 e. The Bertz CT molecular complexity index is 489. The number of carbonyl (C=O) groups is 1. The molecule has 0 aliphatic heterocycles. The zero-order valence-electron chi connectivity index (χ0n) is 8.71. The summed E-state index contributed by atoms with van der Waals surface area (Å²) in [6.45, 7) is 0. The van der Waals surface area contributed by atoms with Gasteiger partial charge < -0.3 is 0 Å². The van der Waals surface area contributed by atoms with E-state index in [4.69, 9.17) is 0 Å². The predicted octanol–water partition coefficient (Wildman–Crippen LogP) is 2.95. The van der Waals surface area contributed by atoms with Gasteiger partial charge in [0.05, 0.1) is 0 Å². The molecule has 0 unspecified atom stereocenters. The molecule has 2 aromatic carbocycles. The molecule has 0 atom stereocenters. The molecule has 0 N–H and O–H groups in total. The fraction of sp³-hybridized carbons (Fsp3) is 0. The SMILES string of the molecule is O=C(N=Cc1ccccc1)c1ccccc1. The average Bonchev–Trinajstić information content (AvgIpc) is 2.38. The summed E-state index contributed by atoms with van der Waals surface area (Å²) in [4.78, 5) is 15.5. The normalized spacial score (nSPS) is 10.5. The fourth-order valence-electron chi connectivity index (χ4n) is 1.33. The second kappa shape index (κ2) is 5.03. The van der Waals surface area contributed by atoms with Crippen molar-refractivity contribution in [1.82, 2.24) is 0 Å². The van der Waals surface area contributed by atoms with Crippen molar-refractivity contribution in [3.63, 3.8) is 0 Å². The lowest BCUT2D eigenvalue weighted by Crippen LogP contribution is -1.94. The fourth-order valence-corrected chi connectivity index (χ4v) is 1.33. The van der Waals surface area contributed by atoms with Crippen LogP contribution in [0, 0.1) is 0 Å². The highest BCUT2D eigenvalue weighted by Crippen LogP contribution is 2.01. The molecule has 0 radical (unpaired) electrons. The maximum absolute atomic E-state index is 11.6. The lowest BCUT2D eigenvalue weighted by atomic mass is 10.2. The molecule has 2 rings (SSSR count). The van der Waals surface area contributed by atoms with Gasteiger partial charge in [0.15, 0.2) is 0 Å². The highest BCUT2D eigenvalue weighted by atomic mass is 16.1. The molecule has 2 heteroatoms. The smallest absolute Gasteiger partial charge is 0.267 e. The van der Waals surface area contributed by atoms with Crippen LogP contribution in [-0.2, 0) is 0 Å². The third-order valence-electron chi connectivity index (χ3n) is 2.15. The van der Waals surface area contributed by atoms with Crippen molar-refractivity contribution in [3.8, 4) is 0 Å². The number of hydrogen-bond acceptors (Lipinski definition) is 1. The van der Waals surface area contributed by atoms with Crippen molar-refractivity contribution in [2.24, 2.45) is 4.99 Å².